The van der Waals surface area contributed by atoms with Gasteiger partial charge in [0.2, 0.25) is 9.97 Å². The second kappa shape index (κ2) is 6.15. The van der Waals surface area contributed by atoms with Crippen molar-refractivity contribution in [2.24, 2.45) is 0 Å². The minimum Gasteiger partial charge on any atom is -0.350 e. The highest BCUT2D eigenvalue weighted by molar-refractivity contribution is 7.18. The number of nitrogens with zero attached hydrogens (tertiary/aromatic N) is 4. The summed E-state index contributed by atoms with van der Waals surface area (Å²) in [5, 5.41) is 12.2. The second-order valence-electron chi connectivity index (χ2n) is 4.72. The number of carbonyl (C=O) groups excluding carboxylic acids is 1. The van der Waals surface area contributed by atoms with Crippen LogP contribution in [-0.4, -0.2) is 32.3 Å². The Morgan fingerprint density at radius 3 is 2.71 bits per heavy atom. The quantitative estimate of drug-likeness (QED) is 0.726. The molecule has 1 aromatic carbocycles. The lowest BCUT2D eigenvalue weighted by atomic mass is 10.1. The molecule has 0 unspecified atom stereocenters. The Morgan fingerprint density at radius 2 is 2.00 bits per heavy atom. The van der Waals surface area contributed by atoms with Gasteiger partial charge in [0.15, 0.2) is 0 Å². The van der Waals surface area contributed by atoms with Crippen LogP contribution in [0, 0.1) is 5.82 Å². The first-order valence-electron chi connectivity index (χ1n) is 6.67. The van der Waals surface area contributed by atoms with Crippen LogP contribution in [-0.2, 0) is 12.6 Å². The summed E-state index contributed by atoms with van der Waals surface area (Å²) in [7, 11) is 0. The summed E-state index contributed by atoms with van der Waals surface area (Å²) in [5.74, 6) is -2.34. The predicted octanol–water partition coefficient (Wildman–Crippen LogP) is 2.32. The molecule has 0 bridgehead atoms. The summed E-state index contributed by atoms with van der Waals surface area (Å²) in [6.45, 7) is 0.117. The third kappa shape index (κ3) is 3.20. The standard InChI is InChI=1S/C13H9F4N5OS/c14-8-4-2-1-3-7(8)5-6-18-9(23)10-21-22-11(13(15,16)17)19-20-12(22)24-10/h1-4H,5-6H2,(H,18,23). The van der Waals surface area contributed by atoms with Crippen molar-refractivity contribution < 1.29 is 22.4 Å². The maximum absolute atomic E-state index is 13.4. The van der Waals surface area contributed by atoms with Gasteiger partial charge in [-0.3, -0.25) is 4.79 Å². The van der Waals surface area contributed by atoms with Gasteiger partial charge in [0.1, 0.15) is 5.82 Å². The van der Waals surface area contributed by atoms with Gasteiger partial charge in [0.25, 0.3) is 11.7 Å². The minimum atomic E-state index is -4.72. The van der Waals surface area contributed by atoms with Crippen LogP contribution in [0.5, 0.6) is 0 Å². The molecule has 2 aromatic heterocycles. The molecular weight excluding hydrogens is 350 g/mol. The van der Waals surface area contributed by atoms with Crippen molar-refractivity contribution in [1.29, 1.82) is 0 Å². The molecule has 2 heterocycles. The number of carbonyl (C=O) groups is 1. The third-order valence-corrected chi connectivity index (χ3v) is 3.97. The molecule has 11 heteroatoms. The molecule has 126 valence electrons. The average Bonchev–Trinajstić information content (AvgIpc) is 3.08. The summed E-state index contributed by atoms with van der Waals surface area (Å²) < 4.78 is 52.0. The lowest BCUT2D eigenvalue weighted by Gasteiger charge is -2.04. The van der Waals surface area contributed by atoms with Crippen LogP contribution in [0.4, 0.5) is 17.6 Å². The van der Waals surface area contributed by atoms with E-state index in [2.05, 4.69) is 20.6 Å². The number of alkyl halides is 3. The first-order chi connectivity index (χ1) is 11.4. The molecule has 0 aliphatic carbocycles. The summed E-state index contributed by atoms with van der Waals surface area (Å²) in [5.41, 5.74) is 0.426. The number of amides is 1. The number of hydrogen-bond acceptors (Lipinski definition) is 5. The van der Waals surface area contributed by atoms with Gasteiger partial charge in [-0.25, -0.2) is 4.39 Å². The van der Waals surface area contributed by atoms with Crippen LogP contribution < -0.4 is 5.32 Å². The lowest BCUT2D eigenvalue weighted by Crippen LogP contribution is -2.26. The Kier molecular flexibility index (Phi) is 4.18. The number of benzene rings is 1. The van der Waals surface area contributed by atoms with E-state index in [9.17, 15) is 22.4 Å². The monoisotopic (exact) mass is 359 g/mol. The Bertz CT molecular complexity index is 888. The van der Waals surface area contributed by atoms with Crippen LogP contribution in [0.15, 0.2) is 24.3 Å². The van der Waals surface area contributed by atoms with E-state index in [4.69, 9.17) is 0 Å². The van der Waals surface area contributed by atoms with E-state index in [1.54, 1.807) is 18.2 Å². The van der Waals surface area contributed by atoms with Crippen molar-refractivity contribution in [1.82, 2.24) is 25.1 Å². The summed E-state index contributed by atoms with van der Waals surface area (Å²) >= 11 is 0.684. The van der Waals surface area contributed by atoms with E-state index >= 15 is 0 Å². The van der Waals surface area contributed by atoms with Crippen molar-refractivity contribution in [3.63, 3.8) is 0 Å². The van der Waals surface area contributed by atoms with Crippen molar-refractivity contribution in [3.8, 4) is 0 Å². The third-order valence-electron chi connectivity index (χ3n) is 3.08. The Labute approximate surface area is 136 Å². The average molecular weight is 359 g/mol. The van der Waals surface area contributed by atoms with Crippen molar-refractivity contribution in [2.75, 3.05) is 6.54 Å². The smallest absolute Gasteiger partial charge is 0.350 e. The highest BCUT2D eigenvalue weighted by atomic mass is 32.1. The zero-order valence-corrected chi connectivity index (χ0v) is 12.7. The SMILES string of the molecule is O=C(NCCc1ccccc1F)c1nn2c(C(F)(F)F)nnc2s1. The van der Waals surface area contributed by atoms with E-state index in [1.165, 1.54) is 6.07 Å². The molecule has 0 saturated carbocycles. The molecule has 24 heavy (non-hydrogen) atoms. The zero-order valence-electron chi connectivity index (χ0n) is 11.8. The molecule has 0 radical (unpaired) electrons. The van der Waals surface area contributed by atoms with Gasteiger partial charge >= 0.3 is 6.18 Å². The molecule has 0 fully saturated rings. The summed E-state index contributed by atoms with van der Waals surface area (Å²) in [6.07, 6.45) is -4.47. The molecule has 1 amide bonds. The van der Waals surface area contributed by atoms with Crippen molar-refractivity contribution in [3.05, 3.63) is 46.5 Å². The van der Waals surface area contributed by atoms with Crippen molar-refractivity contribution in [2.45, 2.75) is 12.6 Å². The summed E-state index contributed by atoms with van der Waals surface area (Å²) in [4.78, 5) is 11.8. The van der Waals surface area contributed by atoms with E-state index in [0.29, 0.717) is 21.4 Å². The van der Waals surface area contributed by atoms with Gasteiger partial charge in [-0.05, 0) is 18.1 Å². The number of halogens is 4. The largest absolute Gasteiger partial charge is 0.453 e. The van der Waals surface area contributed by atoms with Gasteiger partial charge in [0, 0.05) is 6.54 Å². The first-order valence-corrected chi connectivity index (χ1v) is 7.49. The highest BCUT2D eigenvalue weighted by Crippen LogP contribution is 2.28. The number of aromatic nitrogens is 4. The topological polar surface area (TPSA) is 72.2 Å². The lowest BCUT2D eigenvalue weighted by molar-refractivity contribution is -0.146. The number of hydrogen-bond donors (Lipinski definition) is 1. The summed E-state index contributed by atoms with van der Waals surface area (Å²) in [6, 6.07) is 6.11. The fourth-order valence-electron chi connectivity index (χ4n) is 1.97. The van der Waals surface area contributed by atoms with Crippen LogP contribution in [0.2, 0.25) is 0 Å². The maximum Gasteiger partial charge on any atom is 0.453 e. The van der Waals surface area contributed by atoms with E-state index in [1.807, 2.05) is 0 Å². The van der Waals surface area contributed by atoms with Gasteiger partial charge in [-0.2, -0.15) is 17.7 Å². The Balaban J connectivity index is 1.68. The highest BCUT2D eigenvalue weighted by Gasteiger charge is 2.38. The van der Waals surface area contributed by atoms with Crippen LogP contribution in [0.3, 0.4) is 0 Å². The minimum absolute atomic E-state index is 0.117. The molecule has 0 saturated heterocycles. The van der Waals surface area contributed by atoms with Crippen molar-refractivity contribution >= 4 is 22.2 Å². The molecule has 3 rings (SSSR count). The van der Waals surface area contributed by atoms with Gasteiger partial charge in [-0.15, -0.1) is 15.3 Å². The molecule has 0 aliphatic heterocycles. The predicted molar refractivity (Wildman–Crippen MR) is 76.1 cm³/mol. The van der Waals surface area contributed by atoms with Crippen LogP contribution in [0.25, 0.3) is 4.96 Å². The fraction of sp³-hybridized carbons (Fsp3) is 0.231. The normalized spacial score (nSPS) is 11.8. The van der Waals surface area contributed by atoms with Crippen LogP contribution >= 0.6 is 11.3 Å². The first kappa shape index (κ1) is 16.3. The van der Waals surface area contributed by atoms with Crippen LogP contribution in [0.1, 0.15) is 21.2 Å². The van der Waals surface area contributed by atoms with Gasteiger partial charge < -0.3 is 5.32 Å². The number of nitrogens with one attached hydrogen (secondary N) is 1. The Hall–Kier alpha value is -2.56. The number of rotatable bonds is 4. The van der Waals surface area contributed by atoms with Gasteiger partial charge in [-0.1, -0.05) is 29.5 Å². The molecule has 0 atom stereocenters. The van der Waals surface area contributed by atoms with Gasteiger partial charge in [0.05, 0.1) is 0 Å². The molecule has 6 nitrogen and oxygen atoms in total. The molecular formula is C13H9F4N5OS. The molecule has 3 aromatic rings. The Morgan fingerprint density at radius 1 is 1.25 bits per heavy atom. The molecule has 0 spiro atoms. The second-order valence-corrected chi connectivity index (χ2v) is 5.68. The van der Waals surface area contributed by atoms with E-state index in [-0.39, 0.29) is 28.8 Å². The zero-order chi connectivity index (χ0) is 17.3. The number of fused-ring (bicyclic) bond motifs is 1. The molecule has 0 aliphatic rings. The fourth-order valence-corrected chi connectivity index (χ4v) is 2.73. The van der Waals surface area contributed by atoms with E-state index in [0.717, 1.165) is 0 Å². The van der Waals surface area contributed by atoms with E-state index < -0.39 is 17.9 Å². The molecule has 1 N–H and O–H groups in total. The maximum atomic E-state index is 13.4.